The van der Waals surface area contributed by atoms with Gasteiger partial charge in [0, 0.05) is 31.1 Å². The third kappa shape index (κ3) is 4.02. The first-order valence-corrected chi connectivity index (χ1v) is 13.6. The van der Waals surface area contributed by atoms with Crippen LogP contribution in [0.4, 0.5) is 0 Å². The van der Waals surface area contributed by atoms with Crippen molar-refractivity contribution in [3.05, 3.63) is 23.8 Å². The van der Waals surface area contributed by atoms with Gasteiger partial charge in [-0.3, -0.25) is 9.59 Å². The second kappa shape index (κ2) is 8.91. The summed E-state index contributed by atoms with van der Waals surface area (Å²) in [6.45, 7) is 15.1. The number of esters is 1. The average Bonchev–Trinajstić information content (AvgIpc) is 3.08. The molecule has 0 heterocycles. The summed E-state index contributed by atoms with van der Waals surface area (Å²) in [5.74, 6) is 2.40. The van der Waals surface area contributed by atoms with E-state index in [2.05, 4.69) is 59.8 Å². The molecule has 3 fully saturated rings. The molecule has 4 nitrogen and oxygen atoms in total. The van der Waals surface area contributed by atoms with E-state index in [4.69, 9.17) is 4.74 Å². The number of ketones is 1. The van der Waals surface area contributed by atoms with E-state index in [-0.39, 0.29) is 23.4 Å². The summed E-state index contributed by atoms with van der Waals surface area (Å²) < 4.78 is 5.48. The van der Waals surface area contributed by atoms with Crippen molar-refractivity contribution in [1.29, 1.82) is 0 Å². The molecular weight excluding hydrogens is 424 g/mol. The number of carbonyl (C=O) groups is 2. The molecule has 4 heteroatoms. The first-order chi connectivity index (χ1) is 15.8. The maximum Gasteiger partial charge on any atom is 0.302 e. The fraction of sp³-hybridized carbons (Fsp3) is 0.800. The van der Waals surface area contributed by atoms with E-state index in [9.17, 15) is 14.7 Å². The Morgan fingerprint density at radius 3 is 2.50 bits per heavy atom. The van der Waals surface area contributed by atoms with Gasteiger partial charge in [-0.15, -0.1) is 0 Å². The van der Waals surface area contributed by atoms with Crippen LogP contribution in [0.15, 0.2) is 23.8 Å². The van der Waals surface area contributed by atoms with E-state index in [1.165, 1.54) is 12.5 Å². The van der Waals surface area contributed by atoms with Gasteiger partial charge in [0.2, 0.25) is 0 Å². The molecule has 0 aliphatic heterocycles. The van der Waals surface area contributed by atoms with Gasteiger partial charge in [-0.25, -0.2) is 0 Å². The lowest BCUT2D eigenvalue weighted by molar-refractivity contribution is -0.186. The van der Waals surface area contributed by atoms with E-state index in [1.54, 1.807) is 0 Å². The number of hydrogen-bond acceptors (Lipinski definition) is 4. The Labute approximate surface area is 206 Å². The summed E-state index contributed by atoms with van der Waals surface area (Å²) in [7, 11) is 0. The van der Waals surface area contributed by atoms with Gasteiger partial charge in [-0.2, -0.15) is 0 Å². The largest absolute Gasteiger partial charge is 0.462 e. The van der Waals surface area contributed by atoms with Crippen LogP contribution in [0, 0.1) is 46.3 Å². The number of Topliss-reactive ketones (excluding diaryl/α,β-unsaturated/α-hetero) is 1. The average molecular weight is 471 g/mol. The van der Waals surface area contributed by atoms with Gasteiger partial charge in [0.05, 0.1) is 5.60 Å². The molecule has 0 aromatic rings. The highest BCUT2D eigenvalue weighted by atomic mass is 16.5. The van der Waals surface area contributed by atoms with Crippen LogP contribution in [0.5, 0.6) is 0 Å². The number of aliphatic hydroxyl groups is 1. The van der Waals surface area contributed by atoms with Crippen LogP contribution in [0.25, 0.3) is 0 Å². The van der Waals surface area contributed by atoms with Crippen molar-refractivity contribution in [2.75, 3.05) is 0 Å². The van der Waals surface area contributed by atoms with Crippen molar-refractivity contribution < 1.29 is 19.4 Å². The van der Waals surface area contributed by atoms with Crippen LogP contribution in [-0.4, -0.2) is 28.6 Å². The van der Waals surface area contributed by atoms with E-state index >= 15 is 0 Å². The summed E-state index contributed by atoms with van der Waals surface area (Å²) in [4.78, 5) is 25.4. The minimum atomic E-state index is -0.996. The number of hydrogen-bond donors (Lipinski definition) is 1. The zero-order valence-electron chi connectivity index (χ0n) is 22.4. The number of carbonyl (C=O) groups excluding carboxylic acids is 2. The Hall–Kier alpha value is -1.42. The minimum absolute atomic E-state index is 0.00893. The zero-order valence-corrected chi connectivity index (χ0v) is 22.4. The summed E-state index contributed by atoms with van der Waals surface area (Å²) in [6, 6.07) is 0. The number of rotatable bonds is 5. The van der Waals surface area contributed by atoms with Gasteiger partial charge >= 0.3 is 5.97 Å². The van der Waals surface area contributed by atoms with Crippen molar-refractivity contribution >= 4 is 11.8 Å². The molecule has 4 rings (SSSR count). The molecule has 3 saturated carbocycles. The van der Waals surface area contributed by atoms with Gasteiger partial charge in [-0.1, -0.05) is 65.3 Å². The smallest absolute Gasteiger partial charge is 0.302 e. The lowest BCUT2D eigenvalue weighted by atomic mass is 9.46. The molecule has 4 aliphatic carbocycles. The Morgan fingerprint density at radius 1 is 1.15 bits per heavy atom. The van der Waals surface area contributed by atoms with Gasteiger partial charge in [0.1, 0.15) is 11.9 Å². The number of ether oxygens (including phenoxy) is 1. The molecule has 0 saturated heterocycles. The highest BCUT2D eigenvalue weighted by molar-refractivity contribution is 5.87. The normalized spacial score (nSPS) is 43.7. The molecule has 0 bridgehead atoms. The van der Waals surface area contributed by atoms with Crippen molar-refractivity contribution in [3.63, 3.8) is 0 Å². The van der Waals surface area contributed by atoms with Crippen molar-refractivity contribution in [1.82, 2.24) is 0 Å². The second-order valence-electron chi connectivity index (χ2n) is 13.0. The number of fused-ring (bicyclic) bond motifs is 5. The predicted octanol–water partition coefficient (Wildman–Crippen LogP) is 6.28. The molecule has 34 heavy (non-hydrogen) atoms. The predicted molar refractivity (Wildman–Crippen MR) is 135 cm³/mol. The molecule has 9 atom stereocenters. The molecule has 0 aromatic carbocycles. The van der Waals surface area contributed by atoms with E-state index in [0.717, 1.165) is 19.3 Å². The number of allylic oxidation sites excluding steroid dienone is 3. The quantitative estimate of drug-likeness (QED) is 0.380. The van der Waals surface area contributed by atoms with Crippen LogP contribution in [0.1, 0.15) is 93.4 Å². The third-order valence-electron chi connectivity index (χ3n) is 10.7. The van der Waals surface area contributed by atoms with Gasteiger partial charge in [0.25, 0.3) is 0 Å². The van der Waals surface area contributed by atoms with E-state index in [0.29, 0.717) is 61.1 Å². The van der Waals surface area contributed by atoms with Crippen molar-refractivity contribution in [3.8, 4) is 0 Å². The second-order valence-corrected chi connectivity index (χ2v) is 13.0. The summed E-state index contributed by atoms with van der Waals surface area (Å²) >= 11 is 0. The summed E-state index contributed by atoms with van der Waals surface area (Å²) in [5.41, 5.74) is -0.177. The fourth-order valence-electron chi connectivity index (χ4n) is 8.24. The van der Waals surface area contributed by atoms with Crippen LogP contribution in [0.3, 0.4) is 0 Å². The highest BCUT2D eigenvalue weighted by Gasteiger charge is 2.65. The standard InChI is InChI=1S/C30H46O4/c1-18(2)19(3)8-9-20(4)24-10-11-25-23-13-15-30(33)16-22(34-21(5)31)12-14-29(30,7)27(23)26(32)17-28(24,25)6/h8-9,13,18-20,22,24-25,27,33H,10-12,14-17H2,1-7H3/b9-8+/t19-,20+,22+,24-,25+,27-,28-,29+,30+/m0/s1. The van der Waals surface area contributed by atoms with Gasteiger partial charge < -0.3 is 9.84 Å². The van der Waals surface area contributed by atoms with Gasteiger partial charge in [0.15, 0.2) is 0 Å². The maximum absolute atomic E-state index is 13.9. The highest BCUT2D eigenvalue weighted by Crippen LogP contribution is 2.66. The van der Waals surface area contributed by atoms with Crippen LogP contribution in [0.2, 0.25) is 0 Å². The Bertz CT molecular complexity index is 886. The molecule has 1 N–H and O–H groups in total. The summed E-state index contributed by atoms with van der Waals surface area (Å²) in [5, 5.41) is 11.8. The lowest BCUT2D eigenvalue weighted by Gasteiger charge is -2.60. The van der Waals surface area contributed by atoms with E-state index in [1.807, 2.05) is 0 Å². The molecular formula is C30H46O4. The monoisotopic (exact) mass is 470 g/mol. The maximum atomic E-state index is 13.9. The molecule has 190 valence electrons. The Morgan fingerprint density at radius 2 is 1.85 bits per heavy atom. The molecule has 0 unspecified atom stereocenters. The van der Waals surface area contributed by atoms with Crippen molar-refractivity contribution in [2.24, 2.45) is 46.3 Å². The summed E-state index contributed by atoms with van der Waals surface area (Å²) in [6.07, 6.45) is 12.1. The molecule has 0 aromatic heterocycles. The van der Waals surface area contributed by atoms with Crippen LogP contribution in [-0.2, 0) is 14.3 Å². The Balaban J connectivity index is 1.60. The lowest BCUT2D eigenvalue weighted by Crippen LogP contribution is -2.62. The first-order valence-electron chi connectivity index (χ1n) is 13.6. The van der Waals surface area contributed by atoms with Gasteiger partial charge in [-0.05, 0) is 67.1 Å². The fourth-order valence-corrected chi connectivity index (χ4v) is 8.24. The van der Waals surface area contributed by atoms with Crippen molar-refractivity contribution in [2.45, 2.75) is 105 Å². The minimum Gasteiger partial charge on any atom is -0.462 e. The third-order valence-corrected chi connectivity index (χ3v) is 10.7. The van der Waals surface area contributed by atoms with E-state index < -0.39 is 11.0 Å². The van der Waals surface area contributed by atoms with Crippen LogP contribution < -0.4 is 0 Å². The zero-order chi connectivity index (χ0) is 25.1. The topological polar surface area (TPSA) is 63.6 Å². The molecule has 0 radical (unpaired) electrons. The molecule has 0 amide bonds. The first kappa shape index (κ1) is 25.7. The SMILES string of the molecule is CC(=O)O[C@@H]1CC[C@]2(C)[C@@H]3C(=O)C[C@]4(C)[C@H](CC[C@H]4[C@H](C)/C=C/[C@H](C)C(C)C)C3=CC[C@@]2(O)C1. The Kier molecular flexibility index (Phi) is 6.72. The molecule has 0 spiro atoms. The molecule has 4 aliphatic rings. The van der Waals surface area contributed by atoms with Crippen LogP contribution >= 0.6 is 0 Å².